The van der Waals surface area contributed by atoms with Crippen LogP contribution in [0.15, 0.2) is 42.6 Å². The molecule has 2 aromatic heterocycles. The number of hydrogen-bond donors (Lipinski definition) is 1. The summed E-state index contributed by atoms with van der Waals surface area (Å²) < 4.78 is 52.1. The van der Waals surface area contributed by atoms with E-state index in [0.717, 1.165) is 25.0 Å². The molecule has 0 spiro atoms. The number of carbonyl (C=O) groups excluding carboxylic acids is 1. The third-order valence-electron chi connectivity index (χ3n) is 4.84. The summed E-state index contributed by atoms with van der Waals surface area (Å²) in [5, 5.41) is 13.6. The average molecular weight is 448 g/mol. The maximum absolute atomic E-state index is 13.8. The smallest absolute Gasteiger partial charge is 0.434 e. The van der Waals surface area contributed by atoms with Gasteiger partial charge in [0.25, 0.3) is 5.91 Å². The molecule has 9 nitrogen and oxygen atoms in total. The van der Waals surface area contributed by atoms with E-state index < -0.39 is 23.3 Å². The van der Waals surface area contributed by atoms with E-state index in [1.165, 1.54) is 19.2 Å². The Bertz CT molecular complexity index is 1080. The van der Waals surface area contributed by atoms with E-state index >= 15 is 0 Å². The summed E-state index contributed by atoms with van der Waals surface area (Å²) in [7, 11) is 1.36. The Morgan fingerprint density at radius 2 is 1.81 bits per heavy atom. The Hall–Kier alpha value is -3.67. The minimum atomic E-state index is -4.86. The van der Waals surface area contributed by atoms with Crippen molar-refractivity contribution in [1.29, 1.82) is 0 Å². The SMILES string of the molecule is COc1ccc(-n2ncc(C(=O)Nc3ccc(N4CCOCC4)cc3)c2C(F)(F)F)nn1. The van der Waals surface area contributed by atoms with Crippen LogP contribution in [0.25, 0.3) is 5.82 Å². The average Bonchev–Trinajstić information content (AvgIpc) is 3.26. The van der Waals surface area contributed by atoms with Crippen molar-refractivity contribution in [2.24, 2.45) is 0 Å². The second kappa shape index (κ2) is 8.83. The zero-order valence-electron chi connectivity index (χ0n) is 17.0. The zero-order valence-corrected chi connectivity index (χ0v) is 17.0. The fourth-order valence-corrected chi connectivity index (χ4v) is 3.27. The van der Waals surface area contributed by atoms with Crippen LogP contribution >= 0.6 is 0 Å². The number of nitrogens with one attached hydrogen (secondary N) is 1. The Kier molecular flexibility index (Phi) is 5.95. The molecule has 1 fully saturated rings. The van der Waals surface area contributed by atoms with E-state index in [-0.39, 0.29) is 11.7 Å². The molecular formula is C20H19F3N6O3. The molecule has 1 N–H and O–H groups in total. The standard InChI is InChI=1S/C20H19F3N6O3/c1-31-17-7-6-16(26-27-17)29-18(20(21,22)23)15(12-24-29)19(30)25-13-2-4-14(5-3-13)28-8-10-32-11-9-28/h2-7,12H,8-11H2,1H3,(H,25,30). The minimum absolute atomic E-state index is 0.132. The van der Waals surface area contributed by atoms with Crippen molar-refractivity contribution in [3.8, 4) is 11.7 Å². The number of anilines is 2. The summed E-state index contributed by atoms with van der Waals surface area (Å²) in [5.74, 6) is -1.01. The number of alkyl halides is 3. The highest BCUT2D eigenvalue weighted by Crippen LogP contribution is 2.34. The molecule has 0 unspecified atom stereocenters. The third-order valence-corrected chi connectivity index (χ3v) is 4.84. The number of morpholine rings is 1. The highest BCUT2D eigenvalue weighted by molar-refractivity contribution is 6.05. The number of methoxy groups -OCH3 is 1. The second-order valence-electron chi connectivity index (χ2n) is 6.85. The Morgan fingerprint density at radius 1 is 1.09 bits per heavy atom. The van der Waals surface area contributed by atoms with Crippen LogP contribution in [0, 0.1) is 0 Å². The molecule has 3 aromatic rings. The lowest BCUT2D eigenvalue weighted by atomic mass is 10.2. The monoisotopic (exact) mass is 448 g/mol. The van der Waals surface area contributed by atoms with Crippen molar-refractivity contribution in [1.82, 2.24) is 20.0 Å². The molecule has 168 valence electrons. The Balaban J connectivity index is 1.57. The quantitative estimate of drug-likeness (QED) is 0.642. The fraction of sp³-hybridized carbons (Fsp3) is 0.300. The van der Waals surface area contributed by atoms with Crippen molar-refractivity contribution < 1.29 is 27.4 Å². The molecule has 4 rings (SSSR count). The maximum atomic E-state index is 13.8. The molecule has 1 amide bonds. The van der Waals surface area contributed by atoms with Gasteiger partial charge < -0.3 is 19.7 Å². The van der Waals surface area contributed by atoms with Gasteiger partial charge in [0.1, 0.15) is 0 Å². The first-order valence-corrected chi connectivity index (χ1v) is 9.64. The minimum Gasteiger partial charge on any atom is -0.480 e. The first kappa shape index (κ1) is 21.6. The summed E-state index contributed by atoms with van der Waals surface area (Å²) in [6.07, 6.45) is -4.00. The molecule has 0 radical (unpaired) electrons. The summed E-state index contributed by atoms with van der Waals surface area (Å²) >= 11 is 0. The van der Waals surface area contributed by atoms with Crippen LogP contribution in [0.1, 0.15) is 16.1 Å². The molecule has 0 bridgehead atoms. The van der Waals surface area contributed by atoms with Gasteiger partial charge in [-0.2, -0.15) is 18.3 Å². The lowest BCUT2D eigenvalue weighted by Gasteiger charge is -2.28. The predicted molar refractivity (Wildman–Crippen MR) is 108 cm³/mol. The second-order valence-corrected chi connectivity index (χ2v) is 6.85. The highest BCUT2D eigenvalue weighted by atomic mass is 19.4. The molecule has 1 saturated heterocycles. The lowest BCUT2D eigenvalue weighted by Crippen LogP contribution is -2.36. The van der Waals surface area contributed by atoms with E-state index in [2.05, 4.69) is 25.5 Å². The molecule has 12 heteroatoms. The van der Waals surface area contributed by atoms with E-state index in [0.29, 0.717) is 23.6 Å². The van der Waals surface area contributed by atoms with Crippen LogP contribution in [0.2, 0.25) is 0 Å². The normalized spacial score (nSPS) is 14.3. The van der Waals surface area contributed by atoms with Gasteiger partial charge in [0.05, 0.1) is 32.1 Å². The molecule has 3 heterocycles. The molecule has 1 aliphatic heterocycles. The fourth-order valence-electron chi connectivity index (χ4n) is 3.27. The van der Waals surface area contributed by atoms with Gasteiger partial charge in [-0.05, 0) is 30.3 Å². The first-order valence-electron chi connectivity index (χ1n) is 9.64. The van der Waals surface area contributed by atoms with Crippen molar-refractivity contribution in [3.05, 3.63) is 53.9 Å². The molecule has 1 aromatic carbocycles. The van der Waals surface area contributed by atoms with Crippen LogP contribution in [0.4, 0.5) is 24.5 Å². The number of hydrogen-bond acceptors (Lipinski definition) is 7. The number of ether oxygens (including phenoxy) is 2. The Morgan fingerprint density at radius 3 is 2.41 bits per heavy atom. The number of halogens is 3. The van der Waals surface area contributed by atoms with Gasteiger partial charge in [-0.15, -0.1) is 10.2 Å². The van der Waals surface area contributed by atoms with E-state index in [4.69, 9.17) is 9.47 Å². The van der Waals surface area contributed by atoms with Crippen molar-refractivity contribution in [3.63, 3.8) is 0 Å². The summed E-state index contributed by atoms with van der Waals surface area (Å²) in [6, 6.07) is 9.47. The van der Waals surface area contributed by atoms with Gasteiger partial charge in [-0.1, -0.05) is 0 Å². The van der Waals surface area contributed by atoms with E-state index in [1.807, 2.05) is 0 Å². The topological polar surface area (TPSA) is 94.4 Å². The van der Waals surface area contributed by atoms with Crippen LogP contribution < -0.4 is 15.0 Å². The maximum Gasteiger partial charge on any atom is 0.434 e. The van der Waals surface area contributed by atoms with Crippen molar-refractivity contribution in [2.45, 2.75) is 6.18 Å². The van der Waals surface area contributed by atoms with Crippen LogP contribution in [-0.2, 0) is 10.9 Å². The summed E-state index contributed by atoms with van der Waals surface area (Å²) in [4.78, 5) is 14.8. The van der Waals surface area contributed by atoms with Gasteiger partial charge in [-0.3, -0.25) is 4.79 Å². The molecular weight excluding hydrogens is 429 g/mol. The number of carbonyl (C=O) groups is 1. The molecule has 1 aliphatic rings. The van der Waals surface area contributed by atoms with Gasteiger partial charge in [0, 0.05) is 30.5 Å². The van der Waals surface area contributed by atoms with Gasteiger partial charge in [0.2, 0.25) is 5.88 Å². The molecule has 0 atom stereocenters. The van der Waals surface area contributed by atoms with E-state index in [9.17, 15) is 18.0 Å². The van der Waals surface area contributed by atoms with Gasteiger partial charge in [-0.25, -0.2) is 4.68 Å². The predicted octanol–water partition coefficient (Wildman–Crippen LogP) is 2.78. The van der Waals surface area contributed by atoms with Gasteiger partial charge >= 0.3 is 6.18 Å². The number of amides is 1. The summed E-state index contributed by atoms with van der Waals surface area (Å²) in [6.45, 7) is 2.74. The third kappa shape index (κ3) is 4.49. The van der Waals surface area contributed by atoms with Crippen LogP contribution in [0.3, 0.4) is 0 Å². The van der Waals surface area contributed by atoms with Crippen LogP contribution in [0.5, 0.6) is 5.88 Å². The van der Waals surface area contributed by atoms with Crippen LogP contribution in [-0.4, -0.2) is 59.3 Å². The first-order chi connectivity index (χ1) is 15.4. The number of aromatic nitrogens is 4. The highest BCUT2D eigenvalue weighted by Gasteiger charge is 2.41. The molecule has 32 heavy (non-hydrogen) atoms. The largest absolute Gasteiger partial charge is 0.480 e. The van der Waals surface area contributed by atoms with Crippen molar-refractivity contribution in [2.75, 3.05) is 43.6 Å². The van der Waals surface area contributed by atoms with Gasteiger partial charge in [0.15, 0.2) is 11.5 Å². The Labute approximate surface area is 180 Å². The van der Waals surface area contributed by atoms with Crippen molar-refractivity contribution >= 4 is 17.3 Å². The summed E-state index contributed by atoms with van der Waals surface area (Å²) in [5.41, 5.74) is -0.586. The zero-order chi connectivity index (χ0) is 22.7. The number of benzene rings is 1. The number of rotatable bonds is 5. The molecule has 0 aliphatic carbocycles. The van der Waals surface area contributed by atoms with E-state index in [1.54, 1.807) is 24.3 Å². The number of nitrogens with zero attached hydrogens (tertiary/aromatic N) is 5. The lowest BCUT2D eigenvalue weighted by molar-refractivity contribution is -0.143. The molecule has 0 saturated carbocycles.